The Morgan fingerprint density at radius 3 is 2.72 bits per heavy atom. The van der Waals surface area contributed by atoms with E-state index in [1.165, 1.54) is 30.6 Å². The lowest BCUT2D eigenvalue weighted by molar-refractivity contribution is 0.157. The summed E-state index contributed by atoms with van der Waals surface area (Å²) in [5, 5.41) is 0. The third-order valence-corrected chi connectivity index (χ3v) is 4.00. The van der Waals surface area contributed by atoms with Crippen LogP contribution in [0.5, 0.6) is 0 Å². The largest absolute Gasteiger partial charge is 0.368 e. The average molecular weight is 243 g/mol. The Hall–Kier alpha value is -1.24. The van der Waals surface area contributed by atoms with E-state index in [1.807, 2.05) is 0 Å². The number of likely N-dealkylation sites (tertiary alicyclic amines) is 1. The number of piperidine rings is 1. The second-order valence-electron chi connectivity index (χ2n) is 5.50. The zero-order chi connectivity index (χ0) is 13.0. The van der Waals surface area contributed by atoms with E-state index in [0.29, 0.717) is 6.04 Å². The molecule has 98 valence electrons. The Morgan fingerprint density at radius 1 is 1.33 bits per heavy atom. The van der Waals surface area contributed by atoms with Gasteiger partial charge in [0.25, 0.3) is 0 Å². The first-order valence-electron chi connectivity index (χ1n) is 7.20. The van der Waals surface area contributed by atoms with Crippen LogP contribution < -0.4 is 0 Å². The molecule has 1 fully saturated rings. The second kappa shape index (κ2) is 6.08. The van der Waals surface area contributed by atoms with Crippen molar-refractivity contribution < 1.29 is 0 Å². The van der Waals surface area contributed by atoms with Crippen LogP contribution in [0, 0.1) is 5.92 Å². The summed E-state index contributed by atoms with van der Waals surface area (Å²) in [6, 6.07) is 11.5. The van der Waals surface area contributed by atoms with Crippen LogP contribution in [0.4, 0.5) is 0 Å². The smallest absolute Gasteiger partial charge is 0.0541 e. The van der Waals surface area contributed by atoms with Gasteiger partial charge in [-0.2, -0.15) is 0 Å². The minimum atomic E-state index is 0.567. The molecule has 2 rings (SSSR count). The van der Waals surface area contributed by atoms with E-state index in [0.717, 1.165) is 12.3 Å². The third-order valence-electron chi connectivity index (χ3n) is 4.00. The summed E-state index contributed by atoms with van der Waals surface area (Å²) >= 11 is 0. The molecule has 18 heavy (non-hydrogen) atoms. The van der Waals surface area contributed by atoms with Gasteiger partial charge in [0, 0.05) is 12.2 Å². The number of allylic oxidation sites excluding steroid dienone is 2. The van der Waals surface area contributed by atoms with Gasteiger partial charge < -0.3 is 4.90 Å². The Morgan fingerprint density at radius 2 is 2.06 bits per heavy atom. The number of benzene rings is 1. The normalized spacial score (nSPS) is 25.3. The molecular weight excluding hydrogens is 218 g/mol. The Labute approximate surface area is 112 Å². The van der Waals surface area contributed by atoms with Gasteiger partial charge in [0.15, 0.2) is 0 Å². The molecular formula is C17H25N. The maximum absolute atomic E-state index is 2.60. The van der Waals surface area contributed by atoms with E-state index in [2.05, 4.69) is 62.1 Å². The first kappa shape index (κ1) is 13.2. The third kappa shape index (κ3) is 2.95. The topological polar surface area (TPSA) is 3.24 Å². The monoisotopic (exact) mass is 243 g/mol. The standard InChI is InChI=1S/C17H25N/c1-4-8-15(3)18-12-11-14(2)13-17(18)16-9-6-5-7-10-16/h5-10,14,17H,4,11-13H2,1-3H3. The first-order valence-corrected chi connectivity index (χ1v) is 7.20. The van der Waals surface area contributed by atoms with Crippen molar-refractivity contribution >= 4 is 0 Å². The van der Waals surface area contributed by atoms with Crippen molar-refractivity contribution in [2.75, 3.05) is 6.54 Å². The van der Waals surface area contributed by atoms with Crippen molar-refractivity contribution in [2.24, 2.45) is 5.92 Å². The Bertz CT molecular complexity index is 393. The summed E-state index contributed by atoms with van der Waals surface area (Å²) in [5.41, 5.74) is 2.91. The van der Waals surface area contributed by atoms with Gasteiger partial charge in [-0.15, -0.1) is 0 Å². The molecule has 0 amide bonds. The van der Waals surface area contributed by atoms with E-state index < -0.39 is 0 Å². The molecule has 1 saturated heterocycles. The van der Waals surface area contributed by atoms with Gasteiger partial charge in [0.2, 0.25) is 0 Å². The van der Waals surface area contributed by atoms with Gasteiger partial charge in [0.05, 0.1) is 6.04 Å². The van der Waals surface area contributed by atoms with Gasteiger partial charge in [-0.3, -0.25) is 0 Å². The first-order chi connectivity index (χ1) is 8.72. The quantitative estimate of drug-likeness (QED) is 0.739. The zero-order valence-electron chi connectivity index (χ0n) is 11.9. The summed E-state index contributed by atoms with van der Waals surface area (Å²) < 4.78 is 0. The van der Waals surface area contributed by atoms with Crippen molar-refractivity contribution in [1.82, 2.24) is 4.90 Å². The van der Waals surface area contributed by atoms with E-state index in [4.69, 9.17) is 0 Å². The zero-order valence-corrected chi connectivity index (χ0v) is 11.9. The molecule has 1 aromatic carbocycles. The maximum Gasteiger partial charge on any atom is 0.0541 e. The molecule has 1 aliphatic heterocycles. The van der Waals surface area contributed by atoms with Crippen LogP contribution in [0.25, 0.3) is 0 Å². The summed E-state index contributed by atoms with van der Waals surface area (Å²) in [7, 11) is 0. The molecule has 2 atom stereocenters. The summed E-state index contributed by atoms with van der Waals surface area (Å²) in [5.74, 6) is 0.834. The van der Waals surface area contributed by atoms with Crippen molar-refractivity contribution in [3.8, 4) is 0 Å². The SMILES string of the molecule is CCC=C(C)N1CCC(C)CC1c1ccccc1. The van der Waals surface area contributed by atoms with Crippen LogP contribution in [-0.4, -0.2) is 11.4 Å². The minimum absolute atomic E-state index is 0.567. The van der Waals surface area contributed by atoms with Crippen LogP contribution in [0.2, 0.25) is 0 Å². The van der Waals surface area contributed by atoms with E-state index in [1.54, 1.807) is 0 Å². The van der Waals surface area contributed by atoms with Crippen LogP contribution in [-0.2, 0) is 0 Å². The second-order valence-corrected chi connectivity index (χ2v) is 5.50. The number of nitrogens with zero attached hydrogens (tertiary/aromatic N) is 1. The lowest BCUT2D eigenvalue weighted by Crippen LogP contribution is -2.34. The molecule has 0 spiro atoms. The Kier molecular flexibility index (Phi) is 4.46. The van der Waals surface area contributed by atoms with E-state index >= 15 is 0 Å². The van der Waals surface area contributed by atoms with Crippen molar-refractivity contribution in [1.29, 1.82) is 0 Å². The molecule has 0 saturated carbocycles. The van der Waals surface area contributed by atoms with Crippen molar-refractivity contribution in [3.63, 3.8) is 0 Å². The highest BCUT2D eigenvalue weighted by molar-refractivity contribution is 5.21. The number of rotatable bonds is 3. The fraction of sp³-hybridized carbons (Fsp3) is 0.529. The van der Waals surface area contributed by atoms with Crippen LogP contribution in [0.1, 0.15) is 51.6 Å². The molecule has 1 heteroatoms. The fourth-order valence-electron chi connectivity index (χ4n) is 2.97. The molecule has 1 aromatic rings. The lowest BCUT2D eigenvalue weighted by Gasteiger charge is -2.41. The van der Waals surface area contributed by atoms with Crippen molar-refractivity contribution in [2.45, 2.75) is 46.1 Å². The lowest BCUT2D eigenvalue weighted by atomic mass is 9.88. The highest BCUT2D eigenvalue weighted by Gasteiger charge is 2.27. The maximum atomic E-state index is 2.60. The van der Waals surface area contributed by atoms with Crippen LogP contribution >= 0.6 is 0 Å². The number of hydrogen-bond acceptors (Lipinski definition) is 1. The molecule has 0 aromatic heterocycles. The highest BCUT2D eigenvalue weighted by Crippen LogP contribution is 2.36. The summed E-state index contributed by atoms with van der Waals surface area (Å²) in [6.07, 6.45) is 6.07. The van der Waals surface area contributed by atoms with Gasteiger partial charge >= 0.3 is 0 Å². The van der Waals surface area contributed by atoms with Gasteiger partial charge in [0.1, 0.15) is 0 Å². The molecule has 0 N–H and O–H groups in total. The molecule has 1 aliphatic rings. The predicted octanol–water partition coefficient (Wildman–Crippen LogP) is 4.77. The van der Waals surface area contributed by atoms with Crippen molar-refractivity contribution in [3.05, 3.63) is 47.7 Å². The fourth-order valence-corrected chi connectivity index (χ4v) is 2.97. The van der Waals surface area contributed by atoms with E-state index in [-0.39, 0.29) is 0 Å². The number of hydrogen-bond donors (Lipinski definition) is 0. The predicted molar refractivity (Wildman–Crippen MR) is 78.3 cm³/mol. The minimum Gasteiger partial charge on any atom is -0.368 e. The molecule has 0 radical (unpaired) electrons. The summed E-state index contributed by atoms with van der Waals surface area (Å²) in [6.45, 7) is 8.05. The molecule has 1 nitrogen and oxygen atoms in total. The van der Waals surface area contributed by atoms with Gasteiger partial charge in [-0.1, -0.05) is 50.3 Å². The highest BCUT2D eigenvalue weighted by atomic mass is 15.2. The van der Waals surface area contributed by atoms with E-state index in [9.17, 15) is 0 Å². The van der Waals surface area contributed by atoms with Gasteiger partial charge in [-0.05, 0) is 37.7 Å². The average Bonchev–Trinajstić information content (AvgIpc) is 2.40. The van der Waals surface area contributed by atoms with Gasteiger partial charge in [-0.25, -0.2) is 0 Å². The summed E-state index contributed by atoms with van der Waals surface area (Å²) in [4.78, 5) is 2.60. The molecule has 0 bridgehead atoms. The Balaban J connectivity index is 2.24. The molecule has 2 unspecified atom stereocenters. The van der Waals surface area contributed by atoms with Crippen LogP contribution in [0.3, 0.4) is 0 Å². The molecule has 1 heterocycles. The molecule has 0 aliphatic carbocycles. The van der Waals surface area contributed by atoms with Crippen LogP contribution in [0.15, 0.2) is 42.1 Å².